The molecule has 1 aromatic carbocycles. The molecule has 0 aromatic heterocycles. The van der Waals surface area contributed by atoms with Gasteiger partial charge in [0.25, 0.3) is 0 Å². The van der Waals surface area contributed by atoms with Crippen molar-refractivity contribution in [2.45, 2.75) is 66.0 Å². The third-order valence-corrected chi connectivity index (χ3v) is 4.28. The fourth-order valence-electron chi connectivity index (χ4n) is 2.74. The second-order valence-electron chi connectivity index (χ2n) is 7.25. The Bertz CT molecular complexity index is 509. The number of carbonyl (C=O) groups excluding carboxylic acids is 1. The van der Waals surface area contributed by atoms with E-state index in [1.807, 2.05) is 19.9 Å². The van der Waals surface area contributed by atoms with Crippen LogP contribution in [0.15, 0.2) is 18.2 Å². The number of ketones is 1. The Morgan fingerprint density at radius 3 is 2.18 bits per heavy atom. The minimum atomic E-state index is -1.49. The first-order chi connectivity index (χ1) is 10.0. The molecule has 0 saturated heterocycles. The van der Waals surface area contributed by atoms with E-state index in [0.29, 0.717) is 17.3 Å². The van der Waals surface area contributed by atoms with Crippen LogP contribution in [0.4, 0.5) is 4.39 Å². The van der Waals surface area contributed by atoms with E-state index < -0.39 is 5.67 Å². The van der Waals surface area contributed by atoms with E-state index in [9.17, 15) is 14.3 Å². The van der Waals surface area contributed by atoms with Crippen LogP contribution in [0.5, 0.6) is 5.75 Å². The van der Waals surface area contributed by atoms with Crippen molar-refractivity contribution in [3.63, 3.8) is 0 Å². The molecule has 2 nitrogen and oxygen atoms in total. The van der Waals surface area contributed by atoms with Crippen molar-refractivity contribution in [1.29, 1.82) is 0 Å². The molecule has 22 heavy (non-hydrogen) atoms. The van der Waals surface area contributed by atoms with E-state index in [1.54, 1.807) is 19.1 Å². The van der Waals surface area contributed by atoms with Gasteiger partial charge in [-0.15, -0.1) is 0 Å². The molecule has 0 atom stereocenters. The number of carbonyl (C=O) groups is 1. The summed E-state index contributed by atoms with van der Waals surface area (Å²) in [4.78, 5) is 10.6. The second kappa shape index (κ2) is 7.26. The van der Waals surface area contributed by atoms with Crippen molar-refractivity contribution in [3.05, 3.63) is 29.3 Å². The Kier molecular flexibility index (Phi) is 6.16. The van der Waals surface area contributed by atoms with Crippen molar-refractivity contribution in [2.24, 2.45) is 11.8 Å². The summed E-state index contributed by atoms with van der Waals surface area (Å²) >= 11 is 0. The van der Waals surface area contributed by atoms with E-state index in [-0.39, 0.29) is 11.7 Å². The van der Waals surface area contributed by atoms with Crippen molar-refractivity contribution in [1.82, 2.24) is 0 Å². The number of para-hydroxylation sites is 1. The van der Waals surface area contributed by atoms with Crippen molar-refractivity contribution in [2.75, 3.05) is 0 Å². The molecule has 0 amide bonds. The molecule has 0 unspecified atom stereocenters. The highest BCUT2D eigenvalue weighted by molar-refractivity contribution is 5.79. The van der Waals surface area contributed by atoms with Crippen molar-refractivity contribution in [3.8, 4) is 5.75 Å². The molecule has 0 bridgehead atoms. The Morgan fingerprint density at radius 2 is 1.86 bits per heavy atom. The summed E-state index contributed by atoms with van der Waals surface area (Å²) in [5, 5.41) is 9.85. The Morgan fingerprint density at radius 1 is 1.32 bits per heavy atom. The summed E-state index contributed by atoms with van der Waals surface area (Å²) in [6.45, 7) is 10.7. The highest BCUT2D eigenvalue weighted by Gasteiger charge is 2.28. The molecule has 0 aliphatic heterocycles. The van der Waals surface area contributed by atoms with Gasteiger partial charge in [-0.05, 0) is 51.0 Å². The van der Waals surface area contributed by atoms with Gasteiger partial charge < -0.3 is 5.11 Å². The molecular weight excluding hydrogens is 279 g/mol. The fraction of sp³-hybridized carbons (Fsp3) is 0.632. The maximum Gasteiger partial charge on any atom is 0.134 e. The predicted octanol–water partition coefficient (Wildman–Crippen LogP) is 5.34. The molecule has 1 saturated carbocycles. The lowest BCUT2D eigenvalue weighted by atomic mass is 9.74. The van der Waals surface area contributed by atoms with Gasteiger partial charge in [-0.2, -0.15) is 0 Å². The summed E-state index contributed by atoms with van der Waals surface area (Å²) in [6.07, 6.45) is 2.27. The maximum absolute atomic E-state index is 13.7. The van der Waals surface area contributed by atoms with Gasteiger partial charge in [0.15, 0.2) is 0 Å². The zero-order chi connectivity index (χ0) is 17.1. The molecule has 1 N–H and O–H groups in total. The quantitative estimate of drug-likeness (QED) is 0.818. The molecule has 1 aliphatic rings. The number of hydrogen-bond acceptors (Lipinski definition) is 2. The number of Topliss-reactive ketones (excluding diaryl/α,β-unsaturated/α-hetero) is 1. The van der Waals surface area contributed by atoms with E-state index >= 15 is 0 Å². The van der Waals surface area contributed by atoms with E-state index in [1.165, 1.54) is 13.8 Å². The molecule has 1 aliphatic carbocycles. The number of alkyl halides is 1. The number of phenolic OH excluding ortho intramolecular Hbond substituents is 1. The first-order valence-corrected chi connectivity index (χ1v) is 8.05. The summed E-state index contributed by atoms with van der Waals surface area (Å²) in [5.74, 6) is 1.91. The average molecular weight is 308 g/mol. The normalized spacial score (nSPS) is 20.9. The van der Waals surface area contributed by atoms with Crippen LogP contribution < -0.4 is 0 Å². The average Bonchev–Trinajstić information content (AvgIpc) is 2.34. The number of benzene rings is 1. The maximum atomic E-state index is 13.7. The van der Waals surface area contributed by atoms with Crippen LogP contribution in [0.2, 0.25) is 0 Å². The van der Waals surface area contributed by atoms with E-state index in [0.717, 1.165) is 24.3 Å². The highest BCUT2D eigenvalue weighted by atomic mass is 19.1. The zero-order valence-electron chi connectivity index (χ0n) is 14.6. The Balaban J connectivity index is 0.000000255. The van der Waals surface area contributed by atoms with Crippen LogP contribution in [0.25, 0.3) is 0 Å². The largest absolute Gasteiger partial charge is 0.507 e. The highest BCUT2D eigenvalue weighted by Crippen LogP contribution is 2.37. The van der Waals surface area contributed by atoms with Crippen LogP contribution in [0.1, 0.15) is 71.4 Å². The third kappa shape index (κ3) is 4.82. The Labute approximate surface area is 133 Å². The molecule has 0 heterocycles. The summed E-state index contributed by atoms with van der Waals surface area (Å²) < 4.78 is 13.7. The van der Waals surface area contributed by atoms with Gasteiger partial charge in [0.2, 0.25) is 0 Å². The molecular formula is C19H29FO2. The number of phenols is 1. The first kappa shape index (κ1) is 18.7. The number of hydrogen-bond donors (Lipinski definition) is 1. The Hall–Kier alpha value is -1.38. The van der Waals surface area contributed by atoms with Gasteiger partial charge in [-0.25, -0.2) is 4.39 Å². The zero-order valence-corrected chi connectivity index (χ0v) is 14.6. The molecule has 1 fully saturated rings. The monoisotopic (exact) mass is 308 g/mol. The summed E-state index contributed by atoms with van der Waals surface area (Å²) in [6, 6.07) is 5.24. The second-order valence-corrected chi connectivity index (χ2v) is 7.25. The van der Waals surface area contributed by atoms with Crippen LogP contribution >= 0.6 is 0 Å². The van der Waals surface area contributed by atoms with Crippen LogP contribution in [0, 0.1) is 11.8 Å². The minimum Gasteiger partial charge on any atom is -0.507 e. The number of aromatic hydroxyl groups is 1. The van der Waals surface area contributed by atoms with Gasteiger partial charge in [0, 0.05) is 11.5 Å². The third-order valence-electron chi connectivity index (χ3n) is 4.28. The van der Waals surface area contributed by atoms with Crippen molar-refractivity contribution < 1.29 is 14.3 Å². The topological polar surface area (TPSA) is 37.3 Å². The lowest BCUT2D eigenvalue weighted by Gasteiger charge is -2.30. The molecule has 0 radical (unpaired) electrons. The fourth-order valence-corrected chi connectivity index (χ4v) is 2.74. The van der Waals surface area contributed by atoms with Gasteiger partial charge in [0.1, 0.15) is 17.2 Å². The standard InChI is InChI=1S/C12H17FO.C7H12O/c1-8(2)9-6-5-7-10(11(9)14)12(3,4)13;1-5-3-7(4-5)6(2)8/h5-8,14H,1-4H3;5,7H,3-4H2,1-2H3. The molecule has 124 valence electrons. The number of halogens is 1. The van der Waals surface area contributed by atoms with Crippen LogP contribution in [-0.2, 0) is 10.5 Å². The summed E-state index contributed by atoms with van der Waals surface area (Å²) in [7, 11) is 0. The molecule has 1 aromatic rings. The first-order valence-electron chi connectivity index (χ1n) is 8.05. The smallest absolute Gasteiger partial charge is 0.134 e. The molecule has 2 rings (SSSR count). The lowest BCUT2D eigenvalue weighted by molar-refractivity contribution is -0.124. The van der Waals surface area contributed by atoms with Crippen LogP contribution in [-0.4, -0.2) is 10.9 Å². The van der Waals surface area contributed by atoms with Crippen LogP contribution in [0.3, 0.4) is 0 Å². The summed E-state index contributed by atoms with van der Waals surface area (Å²) in [5.41, 5.74) is -0.327. The predicted molar refractivity (Wildman–Crippen MR) is 88.9 cm³/mol. The van der Waals surface area contributed by atoms with Gasteiger partial charge >= 0.3 is 0 Å². The lowest BCUT2D eigenvalue weighted by Crippen LogP contribution is -2.26. The molecule has 0 spiro atoms. The van der Waals surface area contributed by atoms with E-state index in [2.05, 4.69) is 6.92 Å². The van der Waals surface area contributed by atoms with Gasteiger partial charge in [-0.3, -0.25) is 4.79 Å². The number of rotatable bonds is 3. The SMILES string of the molecule is CC(=O)C1CC(C)C1.CC(C)c1cccc(C(C)(C)F)c1O. The van der Waals surface area contributed by atoms with E-state index in [4.69, 9.17) is 0 Å². The van der Waals surface area contributed by atoms with Gasteiger partial charge in [0.05, 0.1) is 0 Å². The van der Waals surface area contributed by atoms with Crippen molar-refractivity contribution >= 4 is 5.78 Å². The molecule has 3 heteroatoms. The van der Waals surface area contributed by atoms with Gasteiger partial charge in [-0.1, -0.05) is 39.0 Å². The minimum absolute atomic E-state index is 0.0926.